The third-order valence-electron chi connectivity index (χ3n) is 2.63. The third-order valence-corrected chi connectivity index (χ3v) is 2.63. The highest BCUT2D eigenvalue weighted by molar-refractivity contribution is 5.73. The number of aliphatic carboxylic acids is 1. The number of ether oxygens (including phenoxy) is 1. The minimum absolute atomic E-state index is 0.0201. The summed E-state index contributed by atoms with van der Waals surface area (Å²) < 4.78 is 5.00. The van der Waals surface area contributed by atoms with Crippen LogP contribution in [-0.4, -0.2) is 22.6 Å². The zero-order valence-electron chi connectivity index (χ0n) is 10.4. The van der Waals surface area contributed by atoms with Crippen LogP contribution in [0.1, 0.15) is 0 Å². The van der Waals surface area contributed by atoms with Crippen molar-refractivity contribution >= 4 is 11.7 Å². The SMILES string of the molecule is O=C(O)COc1ccc(-c2ccccc2[N+](=O)[O-])cc1. The van der Waals surface area contributed by atoms with Crippen LogP contribution in [0.5, 0.6) is 5.75 Å². The van der Waals surface area contributed by atoms with Crippen LogP contribution < -0.4 is 4.74 Å². The van der Waals surface area contributed by atoms with Crippen LogP contribution >= 0.6 is 0 Å². The second kappa shape index (κ2) is 5.83. The number of benzene rings is 2. The van der Waals surface area contributed by atoms with Crippen molar-refractivity contribution in [1.29, 1.82) is 0 Å². The Balaban J connectivity index is 2.26. The van der Waals surface area contributed by atoms with Gasteiger partial charge in [0.2, 0.25) is 0 Å². The molecule has 0 aliphatic heterocycles. The molecule has 6 heteroatoms. The standard InChI is InChI=1S/C14H11NO5/c16-14(17)9-20-11-7-5-10(6-8-11)12-3-1-2-4-13(12)15(18)19/h1-8H,9H2,(H,16,17). The van der Waals surface area contributed by atoms with Crippen molar-refractivity contribution < 1.29 is 19.6 Å². The Hall–Kier alpha value is -2.89. The Labute approximate surface area is 114 Å². The van der Waals surface area contributed by atoms with Crippen LogP contribution in [0, 0.1) is 10.1 Å². The molecule has 0 heterocycles. The molecule has 0 saturated heterocycles. The molecule has 6 nitrogen and oxygen atoms in total. The van der Waals surface area contributed by atoms with Crippen LogP contribution in [0.15, 0.2) is 48.5 Å². The van der Waals surface area contributed by atoms with Gasteiger partial charge >= 0.3 is 5.97 Å². The Morgan fingerprint density at radius 2 is 1.80 bits per heavy atom. The molecule has 2 rings (SSSR count). The van der Waals surface area contributed by atoms with Gasteiger partial charge in [-0.25, -0.2) is 4.79 Å². The lowest BCUT2D eigenvalue weighted by atomic mass is 10.0. The zero-order chi connectivity index (χ0) is 14.5. The minimum Gasteiger partial charge on any atom is -0.482 e. The molecule has 0 amide bonds. The normalized spacial score (nSPS) is 10.0. The molecule has 0 aliphatic rings. The van der Waals surface area contributed by atoms with Gasteiger partial charge in [0.15, 0.2) is 6.61 Å². The topological polar surface area (TPSA) is 89.7 Å². The van der Waals surface area contributed by atoms with Crippen molar-refractivity contribution in [1.82, 2.24) is 0 Å². The van der Waals surface area contributed by atoms with Gasteiger partial charge in [-0.05, 0) is 23.8 Å². The molecule has 0 fully saturated rings. The molecule has 20 heavy (non-hydrogen) atoms. The van der Waals surface area contributed by atoms with Crippen LogP contribution in [0.4, 0.5) is 5.69 Å². The van der Waals surface area contributed by atoms with Gasteiger partial charge < -0.3 is 9.84 Å². The first-order valence-electron chi connectivity index (χ1n) is 5.76. The van der Waals surface area contributed by atoms with Crippen molar-refractivity contribution in [3.05, 3.63) is 58.6 Å². The van der Waals surface area contributed by atoms with E-state index in [-0.39, 0.29) is 5.69 Å². The average molecular weight is 273 g/mol. The summed E-state index contributed by atoms with van der Waals surface area (Å²) >= 11 is 0. The zero-order valence-corrected chi connectivity index (χ0v) is 10.4. The first-order valence-corrected chi connectivity index (χ1v) is 5.76. The molecular formula is C14H11NO5. The van der Waals surface area contributed by atoms with Gasteiger partial charge in [0.05, 0.1) is 10.5 Å². The quantitative estimate of drug-likeness (QED) is 0.668. The van der Waals surface area contributed by atoms with E-state index < -0.39 is 17.5 Å². The summed E-state index contributed by atoms with van der Waals surface area (Å²) in [4.78, 5) is 20.9. The number of rotatable bonds is 5. The fraction of sp³-hybridized carbons (Fsp3) is 0.0714. The molecule has 2 aromatic carbocycles. The predicted molar refractivity (Wildman–Crippen MR) is 71.7 cm³/mol. The summed E-state index contributed by atoms with van der Waals surface area (Å²) in [5.74, 6) is -0.664. The maximum Gasteiger partial charge on any atom is 0.341 e. The van der Waals surface area contributed by atoms with E-state index in [1.165, 1.54) is 6.07 Å². The van der Waals surface area contributed by atoms with Gasteiger partial charge in [-0.15, -0.1) is 0 Å². The molecule has 2 aromatic rings. The van der Waals surface area contributed by atoms with Gasteiger partial charge in [0, 0.05) is 6.07 Å². The van der Waals surface area contributed by atoms with Crippen LogP contribution in [0.2, 0.25) is 0 Å². The summed E-state index contributed by atoms with van der Waals surface area (Å²) in [6.45, 7) is -0.426. The third kappa shape index (κ3) is 3.11. The second-order valence-electron chi connectivity index (χ2n) is 3.98. The van der Waals surface area contributed by atoms with Gasteiger partial charge in [-0.3, -0.25) is 10.1 Å². The van der Waals surface area contributed by atoms with Gasteiger partial charge in [-0.2, -0.15) is 0 Å². The fourth-order valence-corrected chi connectivity index (χ4v) is 1.75. The Kier molecular flexibility index (Phi) is 3.95. The van der Waals surface area contributed by atoms with Crippen LogP contribution in [-0.2, 0) is 4.79 Å². The van der Waals surface area contributed by atoms with Crippen molar-refractivity contribution in [2.24, 2.45) is 0 Å². The number of carbonyl (C=O) groups is 1. The molecule has 102 valence electrons. The molecule has 0 aromatic heterocycles. The maximum atomic E-state index is 11.0. The number of carboxylic acids is 1. The first kappa shape index (κ1) is 13.5. The highest BCUT2D eigenvalue weighted by atomic mass is 16.6. The lowest BCUT2D eigenvalue weighted by molar-refractivity contribution is -0.384. The number of carboxylic acid groups (broad SMARTS) is 1. The molecule has 0 spiro atoms. The molecule has 0 radical (unpaired) electrons. The number of hydrogen-bond acceptors (Lipinski definition) is 4. The highest BCUT2D eigenvalue weighted by Gasteiger charge is 2.13. The number of nitro groups is 1. The van der Waals surface area contributed by atoms with Gasteiger partial charge in [0.25, 0.3) is 5.69 Å². The van der Waals surface area contributed by atoms with Crippen molar-refractivity contribution in [3.8, 4) is 16.9 Å². The van der Waals surface area contributed by atoms with E-state index in [2.05, 4.69) is 0 Å². The second-order valence-corrected chi connectivity index (χ2v) is 3.98. The van der Waals surface area contributed by atoms with E-state index in [4.69, 9.17) is 9.84 Å². The summed E-state index contributed by atoms with van der Waals surface area (Å²) in [5, 5.41) is 19.5. The van der Waals surface area contributed by atoms with E-state index in [1.54, 1.807) is 42.5 Å². The lowest BCUT2D eigenvalue weighted by Gasteiger charge is -2.06. The monoisotopic (exact) mass is 273 g/mol. The number of nitrogens with zero attached hydrogens (tertiary/aromatic N) is 1. The molecule has 0 aliphatic carbocycles. The van der Waals surface area contributed by atoms with Crippen LogP contribution in [0.25, 0.3) is 11.1 Å². The predicted octanol–water partition coefficient (Wildman–Crippen LogP) is 2.73. The molecule has 0 bridgehead atoms. The Bertz CT molecular complexity index is 636. The summed E-state index contributed by atoms with van der Waals surface area (Å²) in [7, 11) is 0. The molecular weight excluding hydrogens is 262 g/mol. The van der Waals surface area contributed by atoms with Gasteiger partial charge in [0.1, 0.15) is 5.75 Å². The summed E-state index contributed by atoms with van der Waals surface area (Å²) in [5.41, 5.74) is 1.19. The first-order chi connectivity index (χ1) is 9.58. The van der Waals surface area contributed by atoms with Crippen molar-refractivity contribution in [2.45, 2.75) is 0 Å². The average Bonchev–Trinajstić information content (AvgIpc) is 2.45. The largest absolute Gasteiger partial charge is 0.482 e. The van der Waals surface area contributed by atoms with E-state index >= 15 is 0 Å². The smallest absolute Gasteiger partial charge is 0.341 e. The van der Waals surface area contributed by atoms with E-state index in [1.807, 2.05) is 0 Å². The number of para-hydroxylation sites is 1. The molecule has 0 atom stereocenters. The summed E-state index contributed by atoms with van der Waals surface area (Å²) in [6, 6.07) is 12.9. The Morgan fingerprint density at radius 3 is 2.40 bits per heavy atom. The fourth-order valence-electron chi connectivity index (χ4n) is 1.75. The van der Waals surface area contributed by atoms with Crippen molar-refractivity contribution in [2.75, 3.05) is 6.61 Å². The minimum atomic E-state index is -1.06. The Morgan fingerprint density at radius 1 is 1.15 bits per heavy atom. The number of hydrogen-bond donors (Lipinski definition) is 1. The molecule has 0 unspecified atom stereocenters. The van der Waals surface area contributed by atoms with Crippen molar-refractivity contribution in [3.63, 3.8) is 0 Å². The summed E-state index contributed by atoms with van der Waals surface area (Å²) in [6.07, 6.45) is 0. The molecule has 0 saturated carbocycles. The van der Waals surface area contributed by atoms with E-state index in [0.717, 1.165) is 0 Å². The van der Waals surface area contributed by atoms with Gasteiger partial charge in [-0.1, -0.05) is 24.3 Å². The molecule has 1 N–H and O–H groups in total. The maximum absolute atomic E-state index is 11.0. The van der Waals surface area contributed by atoms with Crippen LogP contribution in [0.3, 0.4) is 0 Å². The number of nitro benzene ring substituents is 1. The van der Waals surface area contributed by atoms with E-state index in [9.17, 15) is 14.9 Å². The highest BCUT2D eigenvalue weighted by Crippen LogP contribution is 2.30. The lowest BCUT2D eigenvalue weighted by Crippen LogP contribution is -2.09. The van der Waals surface area contributed by atoms with E-state index in [0.29, 0.717) is 16.9 Å².